The Morgan fingerprint density at radius 1 is 0.714 bits per heavy atom. The summed E-state index contributed by atoms with van der Waals surface area (Å²) in [6, 6.07) is 14.2. The fourth-order valence-corrected chi connectivity index (χ4v) is 3.69. The molecule has 0 fully saturated rings. The number of fused-ring (bicyclic) bond motifs is 2. The van der Waals surface area contributed by atoms with Crippen LogP contribution in [0.25, 0.3) is 0 Å². The van der Waals surface area contributed by atoms with Crippen molar-refractivity contribution in [3.8, 4) is 0 Å². The molecule has 1 aliphatic rings. The Labute approximate surface area is 175 Å². The van der Waals surface area contributed by atoms with Gasteiger partial charge in [-0.2, -0.15) is 0 Å². The summed E-state index contributed by atoms with van der Waals surface area (Å²) in [5, 5.41) is 3.12. The fourth-order valence-electron chi connectivity index (χ4n) is 3.12. The molecule has 3 aromatic carbocycles. The third-order valence-electron chi connectivity index (χ3n) is 4.44. The average molecular weight is 431 g/mol. The predicted octanol–water partition coefficient (Wildman–Crippen LogP) is 5.67. The van der Waals surface area contributed by atoms with Crippen molar-refractivity contribution in [3.63, 3.8) is 0 Å². The summed E-state index contributed by atoms with van der Waals surface area (Å²) in [6.45, 7) is 0. The first-order chi connectivity index (χ1) is 13.4. The van der Waals surface area contributed by atoms with Gasteiger partial charge >= 0.3 is 0 Å². The van der Waals surface area contributed by atoms with Crippen LogP contribution in [0.3, 0.4) is 0 Å². The zero-order valence-corrected chi connectivity index (χ0v) is 16.3. The van der Waals surface area contributed by atoms with Gasteiger partial charge in [0.05, 0.1) is 31.9 Å². The molecule has 4 rings (SSSR count). The van der Waals surface area contributed by atoms with Crippen LogP contribution < -0.4 is 5.32 Å². The summed E-state index contributed by atoms with van der Waals surface area (Å²) < 4.78 is 0. The topological polar surface area (TPSA) is 63.2 Å². The van der Waals surface area contributed by atoms with Gasteiger partial charge < -0.3 is 5.32 Å². The lowest BCUT2D eigenvalue weighted by molar-refractivity contribution is 0.0978. The second-order valence-corrected chi connectivity index (χ2v) is 7.36. The van der Waals surface area contributed by atoms with Crippen LogP contribution in [0.15, 0.2) is 54.6 Å². The molecule has 7 heteroatoms. The second-order valence-electron chi connectivity index (χ2n) is 6.14. The molecule has 0 radical (unpaired) electrons. The zero-order valence-electron chi connectivity index (χ0n) is 14.1. The summed E-state index contributed by atoms with van der Waals surface area (Å²) >= 11 is 18.3. The van der Waals surface area contributed by atoms with Crippen LogP contribution in [0.4, 0.5) is 5.69 Å². The number of ketones is 2. The van der Waals surface area contributed by atoms with E-state index in [4.69, 9.17) is 34.8 Å². The number of halogens is 3. The molecule has 4 nitrogen and oxygen atoms in total. The van der Waals surface area contributed by atoms with Gasteiger partial charge in [-0.15, -0.1) is 0 Å². The molecule has 0 bridgehead atoms. The van der Waals surface area contributed by atoms with Crippen molar-refractivity contribution in [1.29, 1.82) is 0 Å². The Balaban J connectivity index is 1.86. The van der Waals surface area contributed by atoms with Crippen molar-refractivity contribution in [2.45, 2.75) is 0 Å². The molecule has 1 aliphatic carbocycles. The number of amides is 1. The standard InChI is InChI=1S/C21H10Cl3NO3/c22-13-6-7-16(25-21(28)10-4-2-1-3-5-10)18-17(13)19(26)11-8-14(23)15(24)9-12(11)20(18)27/h1-9H,(H,25,28). The van der Waals surface area contributed by atoms with E-state index in [0.29, 0.717) is 5.56 Å². The van der Waals surface area contributed by atoms with Gasteiger partial charge in [-0.25, -0.2) is 0 Å². The molecule has 0 saturated carbocycles. The minimum atomic E-state index is -0.464. The number of carbonyl (C=O) groups excluding carboxylic acids is 3. The summed E-state index contributed by atoms with van der Waals surface area (Å²) in [5.74, 6) is -1.33. The van der Waals surface area contributed by atoms with E-state index in [1.807, 2.05) is 0 Å². The largest absolute Gasteiger partial charge is 0.321 e. The van der Waals surface area contributed by atoms with Crippen LogP contribution in [-0.4, -0.2) is 17.5 Å². The van der Waals surface area contributed by atoms with Crippen LogP contribution in [0.5, 0.6) is 0 Å². The molecular formula is C21H10Cl3NO3. The van der Waals surface area contributed by atoms with E-state index in [2.05, 4.69) is 5.32 Å². The Morgan fingerprint density at radius 2 is 1.29 bits per heavy atom. The highest BCUT2D eigenvalue weighted by Crippen LogP contribution is 2.38. The van der Waals surface area contributed by atoms with E-state index in [-0.39, 0.29) is 43.0 Å². The van der Waals surface area contributed by atoms with Crippen molar-refractivity contribution in [1.82, 2.24) is 0 Å². The van der Waals surface area contributed by atoms with E-state index in [1.54, 1.807) is 30.3 Å². The Kier molecular flexibility index (Phi) is 4.71. The fraction of sp³-hybridized carbons (Fsp3) is 0. The van der Waals surface area contributed by atoms with Gasteiger partial charge in [0.1, 0.15) is 0 Å². The smallest absolute Gasteiger partial charge is 0.255 e. The zero-order chi connectivity index (χ0) is 20.0. The maximum absolute atomic E-state index is 13.1. The Morgan fingerprint density at radius 3 is 1.89 bits per heavy atom. The third-order valence-corrected chi connectivity index (χ3v) is 5.48. The first-order valence-electron chi connectivity index (χ1n) is 8.16. The SMILES string of the molecule is O=C(Nc1ccc(Cl)c2c1C(=O)c1cc(Cl)c(Cl)cc1C2=O)c1ccccc1. The molecule has 0 aliphatic heterocycles. The van der Waals surface area contributed by atoms with Crippen molar-refractivity contribution in [3.05, 3.63) is 97.5 Å². The lowest BCUT2D eigenvalue weighted by Crippen LogP contribution is -2.24. The van der Waals surface area contributed by atoms with E-state index in [1.165, 1.54) is 24.3 Å². The maximum atomic E-state index is 13.1. The molecule has 0 heterocycles. The summed E-state index contributed by atoms with van der Waals surface area (Å²) in [4.78, 5) is 38.7. The third kappa shape index (κ3) is 3.00. The van der Waals surface area contributed by atoms with Crippen LogP contribution in [0.1, 0.15) is 42.2 Å². The van der Waals surface area contributed by atoms with Gasteiger partial charge in [0.15, 0.2) is 11.6 Å². The number of hydrogen-bond donors (Lipinski definition) is 1. The minimum Gasteiger partial charge on any atom is -0.321 e. The number of benzene rings is 3. The monoisotopic (exact) mass is 429 g/mol. The van der Waals surface area contributed by atoms with E-state index in [9.17, 15) is 14.4 Å². The molecule has 0 saturated heterocycles. The van der Waals surface area contributed by atoms with E-state index < -0.39 is 17.5 Å². The van der Waals surface area contributed by atoms with E-state index in [0.717, 1.165) is 0 Å². The van der Waals surface area contributed by atoms with Crippen LogP contribution >= 0.6 is 34.8 Å². The predicted molar refractivity (Wildman–Crippen MR) is 109 cm³/mol. The van der Waals surface area contributed by atoms with E-state index >= 15 is 0 Å². The number of nitrogens with one attached hydrogen (secondary N) is 1. The first-order valence-corrected chi connectivity index (χ1v) is 9.29. The number of anilines is 1. The molecule has 0 aromatic heterocycles. The molecule has 0 atom stereocenters. The molecule has 0 unspecified atom stereocenters. The normalized spacial score (nSPS) is 12.4. The highest BCUT2D eigenvalue weighted by atomic mass is 35.5. The summed E-state index contributed by atoms with van der Waals surface area (Å²) in [6.07, 6.45) is 0. The molecule has 138 valence electrons. The molecule has 1 N–H and O–H groups in total. The van der Waals surface area contributed by atoms with Crippen molar-refractivity contribution in [2.24, 2.45) is 0 Å². The van der Waals surface area contributed by atoms with Crippen LogP contribution in [-0.2, 0) is 0 Å². The van der Waals surface area contributed by atoms with Crippen molar-refractivity contribution in [2.75, 3.05) is 5.32 Å². The van der Waals surface area contributed by atoms with Crippen LogP contribution in [0.2, 0.25) is 15.1 Å². The lowest BCUT2D eigenvalue weighted by Gasteiger charge is -2.22. The highest BCUT2D eigenvalue weighted by Gasteiger charge is 2.34. The Hall–Kier alpha value is -2.66. The van der Waals surface area contributed by atoms with Gasteiger partial charge in [0, 0.05) is 16.7 Å². The molecule has 28 heavy (non-hydrogen) atoms. The molecule has 0 spiro atoms. The molecule has 3 aromatic rings. The summed E-state index contributed by atoms with van der Waals surface area (Å²) in [7, 11) is 0. The van der Waals surface area contributed by atoms with Gasteiger partial charge in [-0.1, -0.05) is 53.0 Å². The van der Waals surface area contributed by atoms with Crippen LogP contribution in [0, 0.1) is 0 Å². The Bertz CT molecular complexity index is 1170. The summed E-state index contributed by atoms with van der Waals surface area (Å²) in [5.41, 5.74) is 0.917. The average Bonchev–Trinajstić information content (AvgIpc) is 2.69. The van der Waals surface area contributed by atoms with Gasteiger partial charge in [-0.05, 0) is 36.4 Å². The maximum Gasteiger partial charge on any atom is 0.255 e. The number of carbonyl (C=O) groups is 3. The molecule has 1 amide bonds. The molecular weight excluding hydrogens is 421 g/mol. The van der Waals surface area contributed by atoms with Crippen molar-refractivity contribution >= 4 is 58.0 Å². The quantitative estimate of drug-likeness (QED) is 0.445. The van der Waals surface area contributed by atoms with Gasteiger partial charge in [0.2, 0.25) is 0 Å². The number of hydrogen-bond acceptors (Lipinski definition) is 3. The van der Waals surface area contributed by atoms with Crippen molar-refractivity contribution < 1.29 is 14.4 Å². The van der Waals surface area contributed by atoms with Gasteiger partial charge in [0.25, 0.3) is 5.91 Å². The first kappa shape index (κ1) is 18.7. The minimum absolute atomic E-state index is 0.0309. The van der Waals surface area contributed by atoms with Gasteiger partial charge in [-0.3, -0.25) is 14.4 Å². The lowest BCUT2D eigenvalue weighted by atomic mass is 9.83. The second kappa shape index (κ2) is 7.06. The highest BCUT2D eigenvalue weighted by molar-refractivity contribution is 6.44. The number of rotatable bonds is 2.